The SMILES string of the molecule is c1cc(CN2CCO[C@H]3CC[C@H]2[C@@H]3OCC2CC2)cs1. The standard InChI is InChI=1S/C16H23NO2S/c1-2-12(1)10-19-16-14-3-4-15(16)18-7-6-17(14)9-13-5-8-20-11-13/h5,8,11-12,14-16H,1-4,6-7,9-10H2/t14-,15-,16-/m0/s1. The molecule has 1 aromatic heterocycles. The Morgan fingerprint density at radius 1 is 1.30 bits per heavy atom. The Labute approximate surface area is 124 Å². The van der Waals surface area contributed by atoms with Crippen LogP contribution in [0, 0.1) is 5.92 Å². The Kier molecular flexibility index (Phi) is 3.82. The molecule has 2 aliphatic carbocycles. The number of thiophene rings is 1. The average Bonchev–Trinajstić information content (AvgIpc) is 3.00. The Balaban J connectivity index is 1.44. The molecule has 0 unspecified atom stereocenters. The summed E-state index contributed by atoms with van der Waals surface area (Å²) in [7, 11) is 0. The molecule has 0 N–H and O–H groups in total. The maximum atomic E-state index is 6.26. The number of hydrogen-bond acceptors (Lipinski definition) is 4. The van der Waals surface area contributed by atoms with Crippen molar-refractivity contribution in [2.45, 2.75) is 50.5 Å². The quantitative estimate of drug-likeness (QED) is 0.833. The largest absolute Gasteiger partial charge is 0.374 e. The molecule has 110 valence electrons. The predicted octanol–water partition coefficient (Wildman–Crippen LogP) is 2.91. The van der Waals surface area contributed by atoms with Gasteiger partial charge in [0.15, 0.2) is 0 Å². The molecule has 20 heavy (non-hydrogen) atoms. The van der Waals surface area contributed by atoms with E-state index in [9.17, 15) is 0 Å². The van der Waals surface area contributed by atoms with Crippen molar-refractivity contribution in [2.75, 3.05) is 19.8 Å². The molecule has 2 bridgehead atoms. The Morgan fingerprint density at radius 3 is 3.05 bits per heavy atom. The van der Waals surface area contributed by atoms with E-state index in [2.05, 4.69) is 21.7 Å². The van der Waals surface area contributed by atoms with E-state index >= 15 is 0 Å². The highest BCUT2D eigenvalue weighted by atomic mass is 32.1. The van der Waals surface area contributed by atoms with Crippen LogP contribution in [-0.2, 0) is 16.0 Å². The normalized spacial score (nSPS) is 34.3. The van der Waals surface area contributed by atoms with Crippen LogP contribution in [0.2, 0.25) is 0 Å². The molecule has 1 saturated heterocycles. The summed E-state index contributed by atoms with van der Waals surface area (Å²) < 4.78 is 12.3. The molecule has 2 saturated carbocycles. The van der Waals surface area contributed by atoms with Crippen molar-refractivity contribution in [1.82, 2.24) is 4.90 Å². The smallest absolute Gasteiger partial charge is 0.0991 e. The van der Waals surface area contributed by atoms with E-state index in [4.69, 9.17) is 9.47 Å². The second-order valence-corrected chi connectivity index (χ2v) is 7.18. The van der Waals surface area contributed by atoms with Gasteiger partial charge in [-0.05, 0) is 54.0 Å². The third kappa shape index (κ3) is 2.80. The number of ether oxygens (including phenoxy) is 2. The van der Waals surface area contributed by atoms with Crippen molar-refractivity contribution >= 4 is 11.3 Å². The Bertz CT molecular complexity index is 432. The fraction of sp³-hybridized carbons (Fsp3) is 0.750. The topological polar surface area (TPSA) is 21.7 Å². The van der Waals surface area contributed by atoms with Crippen molar-refractivity contribution in [3.05, 3.63) is 22.4 Å². The van der Waals surface area contributed by atoms with E-state index in [1.165, 1.54) is 31.2 Å². The van der Waals surface area contributed by atoms with Gasteiger partial charge in [-0.25, -0.2) is 0 Å². The molecular formula is C16H23NO2S. The maximum absolute atomic E-state index is 6.26. The van der Waals surface area contributed by atoms with Gasteiger partial charge in [-0.3, -0.25) is 4.90 Å². The summed E-state index contributed by atoms with van der Waals surface area (Å²) in [6, 6.07) is 2.80. The van der Waals surface area contributed by atoms with Crippen molar-refractivity contribution in [3.63, 3.8) is 0 Å². The van der Waals surface area contributed by atoms with Crippen LogP contribution in [0.5, 0.6) is 0 Å². The summed E-state index contributed by atoms with van der Waals surface area (Å²) in [5, 5.41) is 4.43. The molecule has 0 spiro atoms. The lowest BCUT2D eigenvalue weighted by atomic mass is 10.1. The minimum absolute atomic E-state index is 0.303. The monoisotopic (exact) mass is 293 g/mol. The summed E-state index contributed by atoms with van der Waals surface area (Å²) in [5.41, 5.74) is 1.43. The van der Waals surface area contributed by atoms with Crippen LogP contribution in [0.15, 0.2) is 16.8 Å². The highest BCUT2D eigenvalue weighted by Gasteiger charge is 2.43. The third-order valence-corrected chi connectivity index (χ3v) is 5.59. The van der Waals surface area contributed by atoms with E-state index in [0.29, 0.717) is 18.2 Å². The first-order valence-electron chi connectivity index (χ1n) is 7.88. The molecule has 4 rings (SSSR count). The molecule has 0 radical (unpaired) electrons. The minimum atomic E-state index is 0.303. The second kappa shape index (κ2) is 5.76. The van der Waals surface area contributed by atoms with Crippen molar-refractivity contribution < 1.29 is 9.47 Å². The van der Waals surface area contributed by atoms with Gasteiger partial charge in [0.25, 0.3) is 0 Å². The predicted molar refractivity (Wildman–Crippen MR) is 80.0 cm³/mol. The molecule has 4 heteroatoms. The van der Waals surface area contributed by atoms with Gasteiger partial charge in [-0.15, -0.1) is 0 Å². The summed E-state index contributed by atoms with van der Waals surface area (Å²) in [4.78, 5) is 2.59. The van der Waals surface area contributed by atoms with Crippen molar-refractivity contribution in [3.8, 4) is 0 Å². The summed E-state index contributed by atoms with van der Waals surface area (Å²) in [6.45, 7) is 3.90. The van der Waals surface area contributed by atoms with E-state index in [1.807, 2.05) is 0 Å². The summed E-state index contributed by atoms with van der Waals surface area (Å²) >= 11 is 1.79. The van der Waals surface area contributed by atoms with Gasteiger partial charge in [-0.1, -0.05) is 0 Å². The lowest BCUT2D eigenvalue weighted by Gasteiger charge is -2.31. The van der Waals surface area contributed by atoms with Crippen molar-refractivity contribution in [2.24, 2.45) is 5.92 Å². The molecule has 1 aliphatic heterocycles. The third-order valence-electron chi connectivity index (χ3n) is 4.86. The van der Waals surface area contributed by atoms with E-state index in [-0.39, 0.29) is 0 Å². The zero-order valence-corrected chi connectivity index (χ0v) is 12.7. The second-order valence-electron chi connectivity index (χ2n) is 6.40. The van der Waals surface area contributed by atoms with Gasteiger partial charge < -0.3 is 9.47 Å². The van der Waals surface area contributed by atoms with Crippen LogP contribution in [-0.4, -0.2) is 42.9 Å². The molecule has 3 nitrogen and oxygen atoms in total. The Hall–Kier alpha value is -0.420. The first-order valence-corrected chi connectivity index (χ1v) is 8.83. The number of hydrogen-bond donors (Lipinski definition) is 0. The van der Waals surface area contributed by atoms with E-state index in [1.54, 1.807) is 11.3 Å². The van der Waals surface area contributed by atoms with Crippen LogP contribution < -0.4 is 0 Å². The first-order chi connectivity index (χ1) is 9.90. The number of fused-ring (bicyclic) bond motifs is 2. The van der Waals surface area contributed by atoms with Crippen LogP contribution in [0.25, 0.3) is 0 Å². The molecule has 0 amide bonds. The fourth-order valence-electron chi connectivity index (χ4n) is 3.53. The van der Waals surface area contributed by atoms with Crippen LogP contribution in [0.1, 0.15) is 31.2 Å². The molecule has 3 aliphatic rings. The maximum Gasteiger partial charge on any atom is 0.0991 e. The highest BCUT2D eigenvalue weighted by molar-refractivity contribution is 7.07. The zero-order valence-electron chi connectivity index (χ0n) is 11.9. The van der Waals surface area contributed by atoms with Crippen LogP contribution in [0.4, 0.5) is 0 Å². The van der Waals surface area contributed by atoms with E-state index in [0.717, 1.165) is 32.2 Å². The minimum Gasteiger partial charge on any atom is -0.374 e. The van der Waals surface area contributed by atoms with Crippen LogP contribution in [0.3, 0.4) is 0 Å². The highest BCUT2D eigenvalue weighted by Crippen LogP contribution is 2.35. The van der Waals surface area contributed by atoms with Gasteiger partial charge in [-0.2, -0.15) is 11.3 Å². The van der Waals surface area contributed by atoms with Gasteiger partial charge in [0.05, 0.1) is 18.8 Å². The van der Waals surface area contributed by atoms with Gasteiger partial charge in [0.2, 0.25) is 0 Å². The molecule has 2 heterocycles. The molecule has 3 fully saturated rings. The number of rotatable bonds is 5. The zero-order chi connectivity index (χ0) is 13.4. The van der Waals surface area contributed by atoms with Crippen molar-refractivity contribution in [1.29, 1.82) is 0 Å². The molecular weight excluding hydrogens is 270 g/mol. The Morgan fingerprint density at radius 2 is 2.25 bits per heavy atom. The fourth-order valence-corrected chi connectivity index (χ4v) is 4.19. The number of nitrogens with zero attached hydrogens (tertiary/aromatic N) is 1. The lowest BCUT2D eigenvalue weighted by molar-refractivity contribution is -0.0572. The van der Waals surface area contributed by atoms with Gasteiger partial charge >= 0.3 is 0 Å². The van der Waals surface area contributed by atoms with Crippen LogP contribution >= 0.6 is 11.3 Å². The summed E-state index contributed by atoms with van der Waals surface area (Å²) in [5.74, 6) is 0.836. The van der Waals surface area contributed by atoms with Gasteiger partial charge in [0.1, 0.15) is 0 Å². The first kappa shape index (κ1) is 13.3. The molecule has 1 aromatic rings. The van der Waals surface area contributed by atoms with E-state index < -0.39 is 0 Å². The molecule has 3 atom stereocenters. The summed E-state index contributed by atoms with van der Waals surface area (Å²) in [6.07, 6.45) is 5.76. The lowest BCUT2D eigenvalue weighted by Crippen LogP contribution is -2.43. The average molecular weight is 293 g/mol. The molecule has 0 aromatic carbocycles. The van der Waals surface area contributed by atoms with Gasteiger partial charge in [0, 0.05) is 25.7 Å².